The Balaban J connectivity index is 1.94. The molecule has 0 aliphatic rings. The Morgan fingerprint density at radius 2 is 2.00 bits per heavy atom. The molecule has 0 unspecified atom stereocenters. The molecule has 9 nitrogen and oxygen atoms in total. The van der Waals surface area contributed by atoms with Crippen LogP contribution < -0.4 is 15.0 Å². The van der Waals surface area contributed by atoms with Crippen molar-refractivity contribution in [1.29, 1.82) is 0 Å². The van der Waals surface area contributed by atoms with E-state index in [1.54, 1.807) is 26.4 Å². The average molecular weight is 375 g/mol. The summed E-state index contributed by atoms with van der Waals surface area (Å²) < 4.78 is 11.9. The van der Waals surface area contributed by atoms with Crippen LogP contribution in [0.1, 0.15) is 18.2 Å². The van der Waals surface area contributed by atoms with Crippen LogP contribution in [-0.2, 0) is 11.2 Å². The van der Waals surface area contributed by atoms with E-state index in [1.807, 2.05) is 6.07 Å². The number of H-pyrrole nitrogens is 1. The maximum Gasteiger partial charge on any atom is 0.274 e. The monoisotopic (exact) mass is 375 g/mol. The summed E-state index contributed by atoms with van der Waals surface area (Å²) in [7, 11) is 3.11. The quantitative estimate of drug-likeness (QED) is 0.611. The van der Waals surface area contributed by atoms with Crippen molar-refractivity contribution in [3.05, 3.63) is 39.8 Å². The molecule has 0 radical (unpaired) electrons. The molecule has 1 aromatic carbocycles. The lowest BCUT2D eigenvalue weighted by Crippen LogP contribution is -2.19. The second-order valence-electron chi connectivity index (χ2n) is 5.48. The predicted octanol–water partition coefficient (Wildman–Crippen LogP) is 1.10. The lowest BCUT2D eigenvalue weighted by molar-refractivity contribution is -0.114. The molecule has 1 N–H and O–H groups in total. The van der Waals surface area contributed by atoms with Crippen molar-refractivity contribution in [2.75, 3.05) is 20.0 Å². The van der Waals surface area contributed by atoms with Gasteiger partial charge in [0, 0.05) is 6.42 Å². The number of methoxy groups -OCH3 is 2. The third-order valence-corrected chi connectivity index (χ3v) is 4.61. The normalized spacial score (nSPS) is 10.9. The third kappa shape index (κ3) is 3.69. The van der Waals surface area contributed by atoms with Crippen LogP contribution in [0.15, 0.2) is 28.2 Å². The molecule has 0 amide bonds. The summed E-state index contributed by atoms with van der Waals surface area (Å²) in [5.41, 5.74) is 0.794. The molecule has 136 valence electrons. The minimum Gasteiger partial charge on any atom is -0.493 e. The molecule has 2 aromatic heterocycles. The molecular formula is C16H17N5O4S. The largest absolute Gasteiger partial charge is 0.493 e. The van der Waals surface area contributed by atoms with Gasteiger partial charge < -0.3 is 9.47 Å². The van der Waals surface area contributed by atoms with Gasteiger partial charge in [-0.1, -0.05) is 17.8 Å². The van der Waals surface area contributed by atoms with Gasteiger partial charge in [0.15, 0.2) is 11.5 Å². The fourth-order valence-electron chi connectivity index (χ4n) is 2.33. The SMILES string of the molecule is COc1ccc(Cc2nn3c(SCC(C)=O)nnc3[nH]c2=O)cc1OC. The van der Waals surface area contributed by atoms with Crippen LogP contribution in [0.3, 0.4) is 0 Å². The van der Waals surface area contributed by atoms with Gasteiger partial charge in [-0.25, -0.2) is 0 Å². The van der Waals surface area contributed by atoms with Crippen molar-refractivity contribution < 1.29 is 14.3 Å². The summed E-state index contributed by atoms with van der Waals surface area (Å²) in [6.07, 6.45) is 0.292. The molecule has 0 atom stereocenters. The lowest BCUT2D eigenvalue weighted by Gasteiger charge is -2.09. The Bertz CT molecular complexity index is 1010. The van der Waals surface area contributed by atoms with Crippen molar-refractivity contribution >= 4 is 23.3 Å². The first-order chi connectivity index (χ1) is 12.5. The Labute approximate surface area is 152 Å². The number of ketones is 1. The molecule has 3 aromatic rings. The van der Waals surface area contributed by atoms with Gasteiger partial charge >= 0.3 is 0 Å². The van der Waals surface area contributed by atoms with Crippen LogP contribution in [0.25, 0.3) is 5.78 Å². The van der Waals surface area contributed by atoms with E-state index in [-0.39, 0.29) is 22.9 Å². The standard InChI is InChI=1S/C16H17N5O4S/c1-9(22)8-26-16-19-18-15-17-14(23)11(20-21(15)16)6-10-4-5-12(24-2)13(7-10)25-3/h4-5,7H,6,8H2,1-3H3,(H,17,18,23). The lowest BCUT2D eigenvalue weighted by atomic mass is 10.1. The van der Waals surface area contributed by atoms with Gasteiger partial charge in [0.2, 0.25) is 5.16 Å². The topological polar surface area (TPSA) is 111 Å². The maximum atomic E-state index is 12.3. The van der Waals surface area contributed by atoms with E-state index in [9.17, 15) is 9.59 Å². The van der Waals surface area contributed by atoms with Crippen molar-refractivity contribution in [2.24, 2.45) is 0 Å². The van der Waals surface area contributed by atoms with Gasteiger partial charge in [-0.3, -0.25) is 14.6 Å². The van der Waals surface area contributed by atoms with Crippen molar-refractivity contribution in [3.8, 4) is 11.5 Å². The molecule has 3 rings (SSSR count). The number of nitrogens with zero attached hydrogens (tertiary/aromatic N) is 4. The molecule has 26 heavy (non-hydrogen) atoms. The summed E-state index contributed by atoms with van der Waals surface area (Å²) in [5.74, 6) is 1.69. The zero-order chi connectivity index (χ0) is 18.7. The van der Waals surface area contributed by atoms with Gasteiger partial charge in [0.05, 0.1) is 20.0 Å². The third-order valence-electron chi connectivity index (χ3n) is 3.54. The van der Waals surface area contributed by atoms with Crippen molar-refractivity contribution in [2.45, 2.75) is 18.5 Å². The Kier molecular flexibility index (Phi) is 5.21. The molecule has 0 fully saturated rings. The zero-order valence-corrected chi connectivity index (χ0v) is 15.3. The molecule has 0 spiro atoms. The Hall–Kier alpha value is -2.88. The smallest absolute Gasteiger partial charge is 0.274 e. The number of rotatable bonds is 7. The number of hydrogen-bond acceptors (Lipinski definition) is 8. The van der Waals surface area contributed by atoms with Crippen LogP contribution in [0, 0.1) is 0 Å². The van der Waals surface area contributed by atoms with Crippen molar-refractivity contribution in [1.82, 2.24) is 24.8 Å². The van der Waals surface area contributed by atoms with Gasteiger partial charge in [-0.05, 0) is 24.6 Å². The van der Waals surface area contributed by atoms with Gasteiger partial charge in [0.1, 0.15) is 11.5 Å². The molecule has 10 heteroatoms. The number of aromatic amines is 1. The van der Waals surface area contributed by atoms with E-state index < -0.39 is 0 Å². The maximum absolute atomic E-state index is 12.3. The van der Waals surface area contributed by atoms with E-state index in [1.165, 1.54) is 23.2 Å². The van der Waals surface area contributed by atoms with Gasteiger partial charge in [-0.15, -0.1) is 10.2 Å². The summed E-state index contributed by atoms with van der Waals surface area (Å²) in [6.45, 7) is 1.49. The minimum atomic E-state index is -0.345. The van der Waals surface area contributed by atoms with Crippen LogP contribution in [-0.4, -0.2) is 50.6 Å². The summed E-state index contributed by atoms with van der Waals surface area (Å²) in [6, 6.07) is 5.40. The molecule has 2 heterocycles. The molecule has 0 aliphatic heterocycles. The number of fused-ring (bicyclic) bond motifs is 1. The first-order valence-corrected chi connectivity index (χ1v) is 8.68. The summed E-state index contributed by atoms with van der Waals surface area (Å²) >= 11 is 1.22. The van der Waals surface area contributed by atoms with Crippen LogP contribution in [0.5, 0.6) is 11.5 Å². The highest BCUT2D eigenvalue weighted by Crippen LogP contribution is 2.28. The molecule has 0 saturated carbocycles. The first-order valence-electron chi connectivity index (χ1n) is 7.69. The molecule has 0 saturated heterocycles. The van der Waals surface area contributed by atoms with E-state index in [0.29, 0.717) is 28.8 Å². The second kappa shape index (κ2) is 7.56. The molecule has 0 bridgehead atoms. The summed E-state index contributed by atoms with van der Waals surface area (Å²) in [4.78, 5) is 26.1. The number of benzene rings is 1. The van der Waals surface area contributed by atoms with Crippen LogP contribution in [0.2, 0.25) is 0 Å². The number of carbonyl (C=O) groups is 1. The zero-order valence-electron chi connectivity index (χ0n) is 14.5. The highest BCUT2D eigenvalue weighted by molar-refractivity contribution is 7.99. The highest BCUT2D eigenvalue weighted by atomic mass is 32.2. The average Bonchev–Trinajstić information content (AvgIpc) is 3.01. The molecular weight excluding hydrogens is 358 g/mol. The van der Waals surface area contributed by atoms with Gasteiger partial charge in [-0.2, -0.15) is 9.61 Å². The minimum absolute atomic E-state index is 0.0155. The number of Topliss-reactive ketones (excluding diaryl/α,β-unsaturated/α-hetero) is 1. The number of hydrogen-bond donors (Lipinski definition) is 1. The van der Waals surface area contributed by atoms with Crippen LogP contribution in [0.4, 0.5) is 0 Å². The summed E-state index contributed by atoms with van der Waals surface area (Å²) in [5, 5.41) is 12.6. The highest BCUT2D eigenvalue weighted by Gasteiger charge is 2.14. The molecule has 0 aliphatic carbocycles. The van der Waals surface area contributed by atoms with E-state index in [0.717, 1.165) is 5.56 Å². The number of nitrogens with one attached hydrogen (secondary N) is 1. The second-order valence-corrected chi connectivity index (χ2v) is 6.42. The number of ether oxygens (including phenoxy) is 2. The van der Waals surface area contributed by atoms with Crippen molar-refractivity contribution in [3.63, 3.8) is 0 Å². The number of thioether (sulfide) groups is 1. The van der Waals surface area contributed by atoms with Crippen LogP contribution >= 0.6 is 11.8 Å². The van der Waals surface area contributed by atoms with E-state index in [4.69, 9.17) is 9.47 Å². The fourth-order valence-corrected chi connectivity index (χ4v) is 3.01. The number of carbonyl (C=O) groups excluding carboxylic acids is 1. The Morgan fingerprint density at radius 1 is 1.23 bits per heavy atom. The van der Waals surface area contributed by atoms with E-state index >= 15 is 0 Å². The van der Waals surface area contributed by atoms with Gasteiger partial charge in [0.25, 0.3) is 11.3 Å². The fraction of sp³-hybridized carbons (Fsp3) is 0.312. The van der Waals surface area contributed by atoms with E-state index in [2.05, 4.69) is 20.3 Å². The Morgan fingerprint density at radius 3 is 2.69 bits per heavy atom. The number of aromatic nitrogens is 5. The first kappa shape index (κ1) is 17.9. The predicted molar refractivity (Wildman–Crippen MR) is 95.2 cm³/mol.